The van der Waals surface area contributed by atoms with Crippen molar-refractivity contribution in [2.45, 2.75) is 12.3 Å². The number of carboxylic acid groups (broad SMARTS) is 1. The van der Waals surface area contributed by atoms with Gasteiger partial charge in [-0.05, 0) is 12.1 Å². The van der Waals surface area contributed by atoms with Crippen LogP contribution in [0.1, 0.15) is 11.7 Å². The Kier molecular flexibility index (Phi) is 4.53. The summed E-state index contributed by atoms with van der Waals surface area (Å²) < 4.78 is 55.5. The van der Waals surface area contributed by atoms with Gasteiger partial charge in [0.15, 0.2) is 6.10 Å². The highest BCUT2D eigenvalue weighted by atomic mass is 35.5. The summed E-state index contributed by atoms with van der Waals surface area (Å²) in [5.41, 5.74) is -0.923. The van der Waals surface area contributed by atoms with E-state index in [9.17, 15) is 22.4 Å². The number of alkyl halides is 3. The molecule has 8 heteroatoms. The first kappa shape index (κ1) is 14.7. The summed E-state index contributed by atoms with van der Waals surface area (Å²) in [5.74, 6) is -2.81. The molecule has 1 rings (SSSR count). The third kappa shape index (κ3) is 3.58. The molecular weight excluding hydrogens is 280 g/mol. The highest BCUT2D eigenvalue weighted by molar-refractivity contribution is 6.31. The second-order valence-corrected chi connectivity index (χ2v) is 3.67. The van der Waals surface area contributed by atoms with E-state index in [0.29, 0.717) is 0 Å². The number of hydrogen-bond donors (Lipinski definition) is 1. The van der Waals surface area contributed by atoms with Crippen LogP contribution in [-0.2, 0) is 9.53 Å². The van der Waals surface area contributed by atoms with E-state index in [2.05, 4.69) is 4.74 Å². The van der Waals surface area contributed by atoms with Gasteiger partial charge in [0, 0.05) is 10.6 Å². The number of carboxylic acids is 1. The van der Waals surface area contributed by atoms with Crippen LogP contribution in [0, 0.1) is 5.82 Å². The molecule has 1 atom stereocenters. The van der Waals surface area contributed by atoms with Gasteiger partial charge in [-0.3, -0.25) is 0 Å². The number of ether oxygens (including phenoxy) is 1. The molecule has 0 radical (unpaired) electrons. The quantitative estimate of drug-likeness (QED) is 0.865. The van der Waals surface area contributed by atoms with E-state index in [1.54, 1.807) is 0 Å². The van der Waals surface area contributed by atoms with Crippen LogP contribution in [0.3, 0.4) is 0 Å². The molecule has 18 heavy (non-hydrogen) atoms. The highest BCUT2D eigenvalue weighted by Gasteiger charge is 2.44. The second kappa shape index (κ2) is 5.53. The van der Waals surface area contributed by atoms with Crippen LogP contribution >= 0.6 is 11.6 Å². The van der Waals surface area contributed by atoms with Crippen molar-refractivity contribution in [1.29, 1.82) is 0 Å². The zero-order chi connectivity index (χ0) is 13.9. The van der Waals surface area contributed by atoms with Crippen LogP contribution in [0.5, 0.6) is 0 Å². The standard InChI is InChI=1S/C10H7ClF4O3/c11-5-2-1-3-6(12)8(5)9(10(13,14)15)18-4-7(16)17/h1-3,9H,4H2,(H,16,17). The maximum absolute atomic E-state index is 13.3. The number of rotatable bonds is 4. The monoisotopic (exact) mass is 286 g/mol. The predicted molar refractivity (Wildman–Crippen MR) is 53.8 cm³/mol. The van der Waals surface area contributed by atoms with Crippen molar-refractivity contribution in [2.24, 2.45) is 0 Å². The van der Waals surface area contributed by atoms with Gasteiger partial charge in [0.1, 0.15) is 12.4 Å². The summed E-state index contributed by atoms with van der Waals surface area (Å²) in [5, 5.41) is 7.81. The zero-order valence-electron chi connectivity index (χ0n) is 8.67. The van der Waals surface area contributed by atoms with Gasteiger partial charge in [-0.15, -0.1) is 0 Å². The van der Waals surface area contributed by atoms with Crippen LogP contribution in [0.2, 0.25) is 5.02 Å². The van der Waals surface area contributed by atoms with E-state index < -0.39 is 41.3 Å². The molecule has 1 aromatic carbocycles. The van der Waals surface area contributed by atoms with Crippen molar-refractivity contribution in [3.05, 3.63) is 34.6 Å². The number of aliphatic carboxylic acids is 1. The maximum Gasteiger partial charge on any atom is 0.419 e. The van der Waals surface area contributed by atoms with E-state index in [1.807, 2.05) is 0 Å². The molecule has 0 heterocycles. The first-order valence-corrected chi connectivity index (χ1v) is 4.95. The molecular formula is C10H7ClF4O3. The van der Waals surface area contributed by atoms with Gasteiger partial charge in [-0.1, -0.05) is 17.7 Å². The van der Waals surface area contributed by atoms with Gasteiger partial charge in [0.2, 0.25) is 0 Å². The van der Waals surface area contributed by atoms with Crippen LogP contribution in [-0.4, -0.2) is 23.9 Å². The maximum atomic E-state index is 13.3. The molecule has 0 aromatic heterocycles. The number of benzene rings is 1. The molecule has 0 aliphatic rings. The van der Waals surface area contributed by atoms with Crippen molar-refractivity contribution in [2.75, 3.05) is 6.61 Å². The molecule has 0 fully saturated rings. The average Bonchev–Trinajstić information content (AvgIpc) is 2.20. The molecule has 0 amide bonds. The molecule has 1 aromatic rings. The second-order valence-electron chi connectivity index (χ2n) is 3.26. The topological polar surface area (TPSA) is 46.5 Å². The molecule has 1 unspecified atom stereocenters. The summed E-state index contributed by atoms with van der Waals surface area (Å²) >= 11 is 5.48. The van der Waals surface area contributed by atoms with Crippen LogP contribution in [0.15, 0.2) is 18.2 Å². The van der Waals surface area contributed by atoms with E-state index in [1.165, 1.54) is 0 Å². The predicted octanol–water partition coefficient (Wildman–Crippen LogP) is 3.18. The van der Waals surface area contributed by atoms with Crippen molar-refractivity contribution in [1.82, 2.24) is 0 Å². The zero-order valence-corrected chi connectivity index (χ0v) is 9.43. The Hall–Kier alpha value is -1.34. The van der Waals surface area contributed by atoms with Crippen molar-refractivity contribution >= 4 is 17.6 Å². The molecule has 0 saturated heterocycles. The molecule has 100 valence electrons. The highest BCUT2D eigenvalue weighted by Crippen LogP contribution is 2.40. The fourth-order valence-electron chi connectivity index (χ4n) is 1.26. The van der Waals surface area contributed by atoms with Gasteiger partial charge >= 0.3 is 12.1 Å². The van der Waals surface area contributed by atoms with Crippen LogP contribution in [0.25, 0.3) is 0 Å². The summed E-state index contributed by atoms with van der Waals surface area (Å²) in [7, 11) is 0. The first-order valence-electron chi connectivity index (χ1n) is 4.57. The Bertz CT molecular complexity index is 427. The third-order valence-electron chi connectivity index (χ3n) is 1.93. The van der Waals surface area contributed by atoms with E-state index in [-0.39, 0.29) is 0 Å². The van der Waals surface area contributed by atoms with Gasteiger partial charge in [-0.2, -0.15) is 13.2 Å². The van der Waals surface area contributed by atoms with E-state index >= 15 is 0 Å². The van der Waals surface area contributed by atoms with Gasteiger partial charge in [0.25, 0.3) is 0 Å². The molecule has 0 bridgehead atoms. The Labute approximate surface area is 104 Å². The Morgan fingerprint density at radius 1 is 1.44 bits per heavy atom. The molecule has 0 spiro atoms. The fraction of sp³-hybridized carbons (Fsp3) is 0.300. The Morgan fingerprint density at radius 3 is 2.50 bits per heavy atom. The molecule has 0 saturated carbocycles. The lowest BCUT2D eigenvalue weighted by atomic mass is 10.1. The van der Waals surface area contributed by atoms with Crippen molar-refractivity contribution in [3.63, 3.8) is 0 Å². The SMILES string of the molecule is O=C(O)COC(c1c(F)cccc1Cl)C(F)(F)F. The van der Waals surface area contributed by atoms with E-state index in [0.717, 1.165) is 18.2 Å². The van der Waals surface area contributed by atoms with Crippen LogP contribution in [0.4, 0.5) is 17.6 Å². The summed E-state index contributed by atoms with van der Waals surface area (Å²) in [6.07, 6.45) is -7.69. The summed E-state index contributed by atoms with van der Waals surface area (Å²) in [4.78, 5) is 10.2. The third-order valence-corrected chi connectivity index (χ3v) is 2.26. The van der Waals surface area contributed by atoms with Crippen molar-refractivity contribution in [3.8, 4) is 0 Å². The minimum Gasteiger partial charge on any atom is -0.480 e. The van der Waals surface area contributed by atoms with Crippen molar-refractivity contribution < 1.29 is 32.2 Å². The van der Waals surface area contributed by atoms with Crippen LogP contribution < -0.4 is 0 Å². The molecule has 3 nitrogen and oxygen atoms in total. The minimum absolute atomic E-state index is 0.484. The Morgan fingerprint density at radius 2 is 2.06 bits per heavy atom. The summed E-state index contributed by atoms with van der Waals surface area (Å²) in [6.45, 7) is -1.21. The fourth-order valence-corrected chi connectivity index (χ4v) is 1.52. The smallest absolute Gasteiger partial charge is 0.419 e. The van der Waals surface area contributed by atoms with Gasteiger partial charge in [0.05, 0.1) is 0 Å². The number of carbonyl (C=O) groups is 1. The normalized spacial score (nSPS) is 13.4. The lowest BCUT2D eigenvalue weighted by molar-refractivity contribution is -0.225. The minimum atomic E-state index is -4.97. The molecule has 1 N–H and O–H groups in total. The first-order chi connectivity index (χ1) is 8.23. The molecule has 0 aliphatic carbocycles. The Balaban J connectivity index is 3.14. The lowest BCUT2D eigenvalue weighted by Crippen LogP contribution is -2.27. The average molecular weight is 287 g/mol. The lowest BCUT2D eigenvalue weighted by Gasteiger charge is -2.21. The van der Waals surface area contributed by atoms with Gasteiger partial charge < -0.3 is 9.84 Å². The summed E-state index contributed by atoms with van der Waals surface area (Å²) in [6, 6.07) is 2.97. The number of hydrogen-bond acceptors (Lipinski definition) is 2. The molecule has 0 aliphatic heterocycles. The number of halogens is 5. The van der Waals surface area contributed by atoms with Gasteiger partial charge in [-0.25, -0.2) is 9.18 Å². The largest absolute Gasteiger partial charge is 0.480 e. The van der Waals surface area contributed by atoms with E-state index in [4.69, 9.17) is 16.7 Å².